The van der Waals surface area contributed by atoms with E-state index >= 15 is 0 Å². The summed E-state index contributed by atoms with van der Waals surface area (Å²) >= 11 is 0. The van der Waals surface area contributed by atoms with Crippen LogP contribution in [0.4, 0.5) is 0 Å². The molecule has 0 heterocycles. The van der Waals surface area contributed by atoms with E-state index in [-0.39, 0.29) is 30.4 Å². The van der Waals surface area contributed by atoms with Crippen molar-refractivity contribution in [2.45, 2.75) is 51.9 Å². The number of hydrogen-bond donors (Lipinski definition) is 2. The van der Waals surface area contributed by atoms with Gasteiger partial charge in [0.25, 0.3) is 0 Å². The van der Waals surface area contributed by atoms with Gasteiger partial charge in [-0.05, 0) is 32.3 Å². The molecule has 1 rings (SSSR count). The van der Waals surface area contributed by atoms with Crippen LogP contribution in [0, 0.1) is 5.92 Å². The van der Waals surface area contributed by atoms with Crippen molar-refractivity contribution < 1.29 is 29.0 Å². The fourth-order valence-corrected chi connectivity index (χ4v) is 2.58. The third-order valence-electron chi connectivity index (χ3n) is 3.44. The molecule has 0 spiro atoms. The number of hydrogen-bond acceptors (Lipinski definition) is 5. The number of carboxylic acid groups (broad SMARTS) is 1. The second kappa shape index (κ2) is 7.93. The van der Waals surface area contributed by atoms with E-state index in [9.17, 15) is 19.5 Å². The van der Waals surface area contributed by atoms with Gasteiger partial charge in [-0.15, -0.1) is 0 Å². The molecule has 0 aromatic rings. The van der Waals surface area contributed by atoms with Crippen molar-refractivity contribution in [3.8, 4) is 0 Å². The Hall–Kier alpha value is -1.89. The largest absolute Gasteiger partial charge is 0.478 e. The maximum atomic E-state index is 11.6. The highest BCUT2D eigenvalue weighted by Gasteiger charge is 2.38. The van der Waals surface area contributed by atoms with Gasteiger partial charge in [0, 0.05) is 12.5 Å². The zero-order chi connectivity index (χ0) is 16.9. The maximum absolute atomic E-state index is 11.6. The summed E-state index contributed by atoms with van der Waals surface area (Å²) < 4.78 is 10.4. The maximum Gasteiger partial charge on any atom is 0.331 e. The van der Waals surface area contributed by atoms with Crippen molar-refractivity contribution in [1.29, 1.82) is 0 Å². The molecule has 0 radical (unpaired) electrons. The number of amides is 1. The van der Waals surface area contributed by atoms with Crippen LogP contribution in [0.15, 0.2) is 11.6 Å². The lowest BCUT2D eigenvalue weighted by atomic mass is 9.80. The molecule has 1 amide bonds. The Kier molecular flexibility index (Phi) is 6.55. The highest BCUT2D eigenvalue weighted by Crippen LogP contribution is 2.30. The van der Waals surface area contributed by atoms with Gasteiger partial charge in [0.2, 0.25) is 5.91 Å². The number of ether oxygens (including phenoxy) is 2. The fraction of sp³-hybridized carbons (Fsp3) is 0.667. The highest BCUT2D eigenvalue weighted by atomic mass is 16.5. The fourth-order valence-electron chi connectivity index (χ4n) is 2.58. The number of carbonyl (C=O) groups excluding carboxylic acids is 2. The van der Waals surface area contributed by atoms with Crippen molar-refractivity contribution in [1.82, 2.24) is 5.32 Å². The minimum Gasteiger partial charge on any atom is -0.478 e. The first-order valence-electron chi connectivity index (χ1n) is 7.18. The number of nitrogens with one attached hydrogen (secondary N) is 1. The van der Waals surface area contributed by atoms with Gasteiger partial charge in [-0.2, -0.15) is 0 Å². The van der Waals surface area contributed by atoms with Gasteiger partial charge in [0.05, 0.1) is 31.8 Å². The van der Waals surface area contributed by atoms with Gasteiger partial charge in [0.15, 0.2) is 0 Å². The molecule has 0 aromatic carbocycles. The Bertz CT molecular complexity index is 471. The van der Waals surface area contributed by atoms with Crippen molar-refractivity contribution in [3.05, 3.63) is 11.6 Å². The van der Waals surface area contributed by atoms with Crippen LogP contribution in [0.3, 0.4) is 0 Å². The zero-order valence-electron chi connectivity index (χ0n) is 13.3. The van der Waals surface area contributed by atoms with Gasteiger partial charge >= 0.3 is 11.9 Å². The first-order chi connectivity index (χ1) is 10.2. The van der Waals surface area contributed by atoms with E-state index in [0.29, 0.717) is 0 Å². The van der Waals surface area contributed by atoms with Gasteiger partial charge in [-0.3, -0.25) is 9.59 Å². The van der Waals surface area contributed by atoms with Gasteiger partial charge in [0.1, 0.15) is 0 Å². The molecule has 0 unspecified atom stereocenters. The second-order valence-corrected chi connectivity index (χ2v) is 5.62. The number of carboxylic acids is 1. The predicted octanol–water partition coefficient (Wildman–Crippen LogP) is 0.879. The Balaban J connectivity index is 3.09. The number of aliphatic carboxylic acids is 1. The molecule has 0 bridgehead atoms. The van der Waals surface area contributed by atoms with Gasteiger partial charge < -0.3 is 19.9 Å². The molecule has 1 aliphatic rings. The normalized spacial score (nSPS) is 24.6. The number of rotatable bonds is 6. The van der Waals surface area contributed by atoms with E-state index in [4.69, 9.17) is 4.74 Å². The van der Waals surface area contributed by atoms with E-state index in [2.05, 4.69) is 10.1 Å². The van der Waals surface area contributed by atoms with Crippen LogP contribution in [-0.4, -0.2) is 48.3 Å². The van der Waals surface area contributed by atoms with Crippen LogP contribution in [0.5, 0.6) is 0 Å². The third-order valence-corrected chi connectivity index (χ3v) is 3.44. The molecule has 0 saturated carbocycles. The third kappa shape index (κ3) is 5.14. The first-order valence-corrected chi connectivity index (χ1v) is 7.18. The number of methoxy groups -OCH3 is 1. The predicted molar refractivity (Wildman–Crippen MR) is 78.1 cm³/mol. The Morgan fingerprint density at radius 1 is 1.41 bits per heavy atom. The minimum absolute atomic E-state index is 0.0179. The molecule has 3 atom stereocenters. The molecular weight excluding hydrogens is 290 g/mol. The van der Waals surface area contributed by atoms with E-state index < -0.39 is 30.0 Å². The molecule has 22 heavy (non-hydrogen) atoms. The van der Waals surface area contributed by atoms with Crippen molar-refractivity contribution in [3.63, 3.8) is 0 Å². The first kappa shape index (κ1) is 18.2. The van der Waals surface area contributed by atoms with E-state index in [1.165, 1.54) is 20.1 Å². The molecule has 0 aliphatic heterocycles. The van der Waals surface area contributed by atoms with Crippen LogP contribution in [-0.2, 0) is 23.9 Å². The molecule has 7 nitrogen and oxygen atoms in total. The standard InChI is InChI=1S/C15H23NO6/c1-8(2)22-12-6-11(15(19)20)5-10(7-13(18)21-4)14(12)16-9(3)17/h6,8,10,12,14H,5,7H2,1-4H3,(H,16,17)(H,19,20)/t10-,12-,14-/m1/s1. The molecular formula is C15H23NO6. The van der Waals surface area contributed by atoms with Crippen LogP contribution in [0.2, 0.25) is 0 Å². The van der Waals surface area contributed by atoms with Crippen LogP contribution in [0.1, 0.15) is 33.6 Å². The lowest BCUT2D eigenvalue weighted by Crippen LogP contribution is -2.51. The second-order valence-electron chi connectivity index (χ2n) is 5.62. The van der Waals surface area contributed by atoms with Crippen molar-refractivity contribution in [2.75, 3.05) is 7.11 Å². The van der Waals surface area contributed by atoms with Crippen molar-refractivity contribution >= 4 is 17.8 Å². The Morgan fingerprint density at radius 3 is 2.50 bits per heavy atom. The number of esters is 1. The summed E-state index contributed by atoms with van der Waals surface area (Å²) in [6.45, 7) is 5.02. The zero-order valence-corrected chi connectivity index (χ0v) is 13.3. The molecule has 0 fully saturated rings. The molecule has 2 N–H and O–H groups in total. The van der Waals surface area contributed by atoms with Gasteiger partial charge in [-0.1, -0.05) is 0 Å². The van der Waals surface area contributed by atoms with E-state index in [1.54, 1.807) is 0 Å². The lowest BCUT2D eigenvalue weighted by molar-refractivity contribution is -0.143. The molecule has 1 aliphatic carbocycles. The summed E-state index contributed by atoms with van der Waals surface area (Å²) in [4.78, 5) is 34.3. The summed E-state index contributed by atoms with van der Waals surface area (Å²) in [7, 11) is 1.27. The molecule has 0 saturated heterocycles. The summed E-state index contributed by atoms with van der Waals surface area (Å²) in [6, 6.07) is -0.470. The highest BCUT2D eigenvalue weighted by molar-refractivity contribution is 5.87. The minimum atomic E-state index is -1.05. The monoisotopic (exact) mass is 313 g/mol. The van der Waals surface area contributed by atoms with Crippen molar-refractivity contribution in [2.24, 2.45) is 5.92 Å². The quantitative estimate of drug-likeness (QED) is 0.706. The van der Waals surface area contributed by atoms with Crippen LogP contribution >= 0.6 is 0 Å². The Morgan fingerprint density at radius 2 is 2.05 bits per heavy atom. The summed E-state index contributed by atoms with van der Waals surface area (Å²) in [5, 5.41) is 12.0. The van der Waals surface area contributed by atoms with Crippen LogP contribution in [0.25, 0.3) is 0 Å². The SMILES string of the molecule is COC(=O)C[C@H]1CC(C(=O)O)=C[C@@H](OC(C)C)[C@@H]1NC(C)=O. The van der Waals surface area contributed by atoms with Crippen LogP contribution < -0.4 is 5.32 Å². The molecule has 124 valence electrons. The molecule has 0 aromatic heterocycles. The van der Waals surface area contributed by atoms with E-state index in [0.717, 1.165) is 0 Å². The summed E-state index contributed by atoms with van der Waals surface area (Å²) in [5.41, 5.74) is 0.182. The average Bonchev–Trinajstić information content (AvgIpc) is 2.40. The van der Waals surface area contributed by atoms with Gasteiger partial charge in [-0.25, -0.2) is 4.79 Å². The average molecular weight is 313 g/mol. The smallest absolute Gasteiger partial charge is 0.331 e. The molecule has 7 heteroatoms. The summed E-state index contributed by atoms with van der Waals surface area (Å²) in [6.07, 6.45) is 0.955. The number of carbonyl (C=O) groups is 3. The summed E-state index contributed by atoms with van der Waals surface area (Å²) in [5.74, 6) is -2.15. The Labute approximate surface area is 129 Å². The van der Waals surface area contributed by atoms with E-state index in [1.807, 2.05) is 13.8 Å². The topological polar surface area (TPSA) is 102 Å². The lowest BCUT2D eigenvalue weighted by Gasteiger charge is -2.37.